The monoisotopic (exact) mass is 1290 g/mol. The van der Waals surface area contributed by atoms with Crippen molar-refractivity contribution in [3.05, 3.63) is 190 Å². The van der Waals surface area contributed by atoms with Gasteiger partial charge in [-0.05, 0) is 154 Å². The van der Waals surface area contributed by atoms with Crippen LogP contribution in [0.4, 0.5) is 52.7 Å². The SMILES string of the molecule is CC(C)(C)[S@@](=O)N[C@@](Cc1ccccc1)(c1cc(F)cc(OC(F)(F)C(F)F)c1)c1ccc(O)c(F)c1.CC(C)(C)[S@@](=O)N[C@@](Cc1ccccc1)(c1cc(F)cc(OC(F)(F)C(F)F)c1)c1ccc(O[Si](C)(C)C(C)(C)C)c(F)c1.CO.C[O-].[Na+]. The second kappa shape index (κ2) is 31.5. The summed E-state index contributed by atoms with van der Waals surface area (Å²) in [7, 11) is -4.50. The van der Waals surface area contributed by atoms with Gasteiger partial charge in [-0.2, -0.15) is 42.2 Å². The van der Waals surface area contributed by atoms with Crippen molar-refractivity contribution in [1.29, 1.82) is 0 Å². The van der Waals surface area contributed by atoms with Crippen LogP contribution >= 0.6 is 0 Å². The van der Waals surface area contributed by atoms with Gasteiger partial charge in [-0.25, -0.2) is 35.4 Å². The first-order valence-corrected chi connectivity index (χ1v) is 31.0. The molecule has 10 nitrogen and oxygen atoms in total. The first-order chi connectivity index (χ1) is 39.2. The zero-order chi connectivity index (χ0) is 64.9. The summed E-state index contributed by atoms with van der Waals surface area (Å²) >= 11 is 0. The predicted octanol–water partition coefficient (Wildman–Crippen LogP) is 11.2. The summed E-state index contributed by atoms with van der Waals surface area (Å²) in [6, 6.07) is 29.4. The normalized spacial score (nSPS) is 14.3. The molecular weight excluding hydrogens is 1220 g/mol. The summed E-state index contributed by atoms with van der Waals surface area (Å²) in [6.45, 7) is 19.9. The number of aromatic hydroxyl groups is 1. The number of nitrogens with one attached hydrogen (secondary N) is 2. The minimum Gasteiger partial charge on any atom is -0.857 e. The Kier molecular flexibility index (Phi) is 28.2. The van der Waals surface area contributed by atoms with Crippen LogP contribution in [-0.4, -0.2) is 75.7 Å². The van der Waals surface area contributed by atoms with Crippen LogP contribution in [0.1, 0.15) is 95.7 Å². The van der Waals surface area contributed by atoms with E-state index in [-0.39, 0.29) is 75.4 Å². The Labute approximate surface area is 522 Å². The number of rotatable bonds is 20. The van der Waals surface area contributed by atoms with Crippen LogP contribution < -0.4 is 58.0 Å². The Morgan fingerprint density at radius 2 is 0.872 bits per heavy atom. The van der Waals surface area contributed by atoms with E-state index in [1.165, 1.54) is 18.2 Å². The average molecular weight is 1290 g/mol. The van der Waals surface area contributed by atoms with E-state index in [2.05, 4.69) is 18.9 Å². The fourth-order valence-electron chi connectivity index (χ4n) is 7.67. The third-order valence-electron chi connectivity index (χ3n) is 13.1. The Hall–Kier alpha value is -4.96. The maximum absolute atomic E-state index is 15.9. The fraction of sp³-hybridized carbons (Fsp3) is 0.400. The summed E-state index contributed by atoms with van der Waals surface area (Å²) in [6.07, 6.45) is -18.4. The van der Waals surface area contributed by atoms with Gasteiger partial charge in [-0.15, -0.1) is 0 Å². The molecule has 0 fully saturated rings. The van der Waals surface area contributed by atoms with Crippen molar-refractivity contribution < 1.29 is 120 Å². The molecule has 470 valence electrons. The van der Waals surface area contributed by atoms with Crippen molar-refractivity contribution in [3.8, 4) is 23.0 Å². The Morgan fingerprint density at radius 1 is 0.523 bits per heavy atom. The predicted molar refractivity (Wildman–Crippen MR) is 306 cm³/mol. The van der Waals surface area contributed by atoms with Gasteiger partial charge in [0.05, 0.1) is 42.5 Å². The van der Waals surface area contributed by atoms with Crippen molar-refractivity contribution in [3.63, 3.8) is 0 Å². The van der Waals surface area contributed by atoms with Crippen LogP contribution in [-0.2, 0) is 45.9 Å². The maximum Gasteiger partial charge on any atom is 1.00 e. The van der Waals surface area contributed by atoms with Gasteiger partial charge in [0, 0.05) is 19.2 Å². The molecule has 0 bridgehead atoms. The molecule has 0 aromatic heterocycles. The quantitative estimate of drug-likeness (QED) is 0.0436. The number of hydrogen-bond donors (Lipinski definition) is 4. The largest absolute Gasteiger partial charge is 1.00 e. The number of benzene rings is 6. The van der Waals surface area contributed by atoms with E-state index in [0.717, 1.165) is 56.7 Å². The molecule has 0 aliphatic rings. The van der Waals surface area contributed by atoms with E-state index in [9.17, 15) is 57.4 Å². The molecule has 0 aliphatic carbocycles. The summed E-state index contributed by atoms with van der Waals surface area (Å²) in [5.41, 5.74) is -2.28. The molecule has 0 aliphatic heterocycles. The molecule has 0 saturated heterocycles. The van der Waals surface area contributed by atoms with Gasteiger partial charge in [0.25, 0.3) is 8.32 Å². The van der Waals surface area contributed by atoms with E-state index < -0.39 is 116 Å². The van der Waals surface area contributed by atoms with Crippen molar-refractivity contribution in [2.24, 2.45) is 0 Å². The number of phenols is 1. The molecule has 6 aromatic rings. The fourth-order valence-corrected chi connectivity index (χ4v) is 10.5. The van der Waals surface area contributed by atoms with Crippen LogP contribution in [0.15, 0.2) is 133 Å². The molecule has 0 spiro atoms. The van der Waals surface area contributed by atoms with Gasteiger partial charge < -0.3 is 29.2 Å². The van der Waals surface area contributed by atoms with Crippen LogP contribution in [0.3, 0.4) is 0 Å². The molecule has 0 radical (unpaired) electrons. The molecule has 4 atom stereocenters. The van der Waals surface area contributed by atoms with Gasteiger partial charge in [-0.1, -0.05) is 93.6 Å². The number of hydrogen-bond acceptors (Lipinski definition) is 8. The van der Waals surface area contributed by atoms with Crippen LogP contribution in [0.2, 0.25) is 18.1 Å². The van der Waals surface area contributed by atoms with E-state index >= 15 is 8.78 Å². The standard InChI is InChI=1S/C32H39F6NO3SSi.C26H25F6NO3S.CH4O.CH3O.Na/c1-29(2,3)43(40)39-31(20-21-12-10-9-11-13-21,23-16-24(33)19-25(17-23)41-32(37,38)28(35)36)22-14-15-27(26(34)18-22)42-44(7,8)30(4,5)6;1-24(2,3)37(35)33-25(15-16-7-5-4-6-8-16,17-9-10-22(34)21(28)13-17)18-11-19(27)14-20(12-18)36-26(31,32)23(29)30;2*1-2;/h9-19,28,39H,20H2,1-8H3;4-14,23,33-34H,15H2,1-3H3;2H,1H3;1H3;/q;;;-1;+1/t31-,43-;25-,37-;;;/m11.../s1. The Balaban J connectivity index is 0.000000555. The summed E-state index contributed by atoms with van der Waals surface area (Å²) < 4.78 is 213. The van der Waals surface area contributed by atoms with Gasteiger partial charge in [0.2, 0.25) is 0 Å². The second-order valence-electron chi connectivity index (χ2n) is 22.6. The maximum atomic E-state index is 15.9. The Morgan fingerprint density at radius 3 is 1.19 bits per heavy atom. The molecule has 0 amide bonds. The molecular formula is C60H71F12N2NaO8S2Si. The number of halogens is 12. The molecule has 0 unspecified atom stereocenters. The second-order valence-corrected chi connectivity index (χ2v) is 31.2. The van der Waals surface area contributed by atoms with E-state index in [0.29, 0.717) is 23.3 Å². The first kappa shape index (κ1) is 77.1. The van der Waals surface area contributed by atoms with Gasteiger partial charge in [0.15, 0.2) is 17.4 Å². The number of ether oxygens (including phenoxy) is 2. The number of aliphatic hydroxyl groups excluding tert-OH is 1. The van der Waals surface area contributed by atoms with Gasteiger partial charge >= 0.3 is 54.6 Å². The minimum atomic E-state index is -4.92. The van der Waals surface area contributed by atoms with Crippen molar-refractivity contribution in [1.82, 2.24) is 9.44 Å². The van der Waals surface area contributed by atoms with Crippen LogP contribution in [0.5, 0.6) is 23.0 Å². The number of alkyl halides is 8. The summed E-state index contributed by atoms with van der Waals surface area (Å²) in [5, 5.41) is 24.8. The minimum absolute atomic E-state index is 0. The van der Waals surface area contributed by atoms with Crippen LogP contribution in [0.25, 0.3) is 0 Å². The Bertz CT molecular complexity index is 3180. The molecule has 0 heterocycles. The third kappa shape index (κ3) is 20.6. The third-order valence-corrected chi connectivity index (χ3v) is 20.7. The van der Waals surface area contributed by atoms with E-state index in [1.807, 2.05) is 33.9 Å². The van der Waals surface area contributed by atoms with Crippen LogP contribution in [0, 0.1) is 23.3 Å². The first-order valence-electron chi connectivity index (χ1n) is 25.8. The number of aliphatic hydroxyl groups is 1. The van der Waals surface area contributed by atoms with E-state index in [1.54, 1.807) is 102 Å². The average Bonchev–Trinajstić information content (AvgIpc) is 0.858. The molecule has 6 aromatic carbocycles. The molecule has 26 heteroatoms. The zero-order valence-electron chi connectivity index (χ0n) is 50.0. The number of phenolic OH excluding ortho intramolecular Hbond substituents is 1. The molecule has 86 heavy (non-hydrogen) atoms. The molecule has 6 rings (SSSR count). The topological polar surface area (TPSA) is 149 Å². The summed E-state index contributed by atoms with van der Waals surface area (Å²) in [5.74, 6) is -6.48. The smallest absolute Gasteiger partial charge is 0.857 e. The molecule has 4 N–H and O–H groups in total. The van der Waals surface area contributed by atoms with Gasteiger partial charge in [0.1, 0.15) is 28.9 Å². The van der Waals surface area contributed by atoms with E-state index in [4.69, 9.17) is 14.6 Å². The zero-order valence-corrected chi connectivity index (χ0v) is 54.6. The van der Waals surface area contributed by atoms with Crippen molar-refractivity contribution >= 4 is 30.3 Å². The van der Waals surface area contributed by atoms with Gasteiger partial charge in [-0.3, -0.25) is 0 Å². The molecule has 0 saturated carbocycles. The van der Waals surface area contributed by atoms with Crippen molar-refractivity contribution in [2.75, 3.05) is 14.2 Å². The summed E-state index contributed by atoms with van der Waals surface area (Å²) in [4.78, 5) is 0. The van der Waals surface area contributed by atoms with Crippen molar-refractivity contribution in [2.45, 2.75) is 139 Å².